The Bertz CT molecular complexity index is 1560. The summed E-state index contributed by atoms with van der Waals surface area (Å²) in [6.07, 6.45) is 0. The average Bonchev–Trinajstić information content (AvgIpc) is 3.24. The molecule has 0 aliphatic heterocycles. The van der Waals surface area contributed by atoms with Crippen LogP contribution in [0.15, 0.2) is 78.9 Å². The molecule has 5 rings (SSSR count). The van der Waals surface area contributed by atoms with Crippen LogP contribution in [0, 0.1) is 6.92 Å². The van der Waals surface area contributed by atoms with Gasteiger partial charge in [-0.2, -0.15) is 0 Å². The number of methoxy groups -OCH3 is 3. The van der Waals surface area contributed by atoms with Gasteiger partial charge in [-0.1, -0.05) is 48.5 Å². The van der Waals surface area contributed by atoms with Crippen molar-refractivity contribution in [2.24, 2.45) is 7.05 Å². The summed E-state index contributed by atoms with van der Waals surface area (Å²) in [5, 5.41) is 3.53. The maximum absolute atomic E-state index is 5.81. The maximum atomic E-state index is 5.81. The summed E-state index contributed by atoms with van der Waals surface area (Å²) in [5.74, 6) is 3.09. The zero-order valence-corrected chi connectivity index (χ0v) is 21.1. The Kier molecular flexibility index (Phi) is 6.25. The number of anilines is 2. The van der Waals surface area contributed by atoms with E-state index in [1.807, 2.05) is 67.7 Å². The van der Waals surface area contributed by atoms with Gasteiger partial charge in [0.25, 0.3) is 0 Å². The molecular formula is C30H29N3O3. The van der Waals surface area contributed by atoms with E-state index in [9.17, 15) is 0 Å². The lowest BCUT2D eigenvalue weighted by Crippen LogP contribution is -2.03. The lowest BCUT2D eigenvalue weighted by molar-refractivity contribution is 0.414. The van der Waals surface area contributed by atoms with E-state index in [2.05, 4.69) is 35.0 Å². The zero-order valence-electron chi connectivity index (χ0n) is 21.1. The van der Waals surface area contributed by atoms with Crippen LogP contribution < -0.4 is 19.5 Å². The first-order valence-corrected chi connectivity index (χ1v) is 11.7. The van der Waals surface area contributed by atoms with Crippen molar-refractivity contribution in [2.75, 3.05) is 26.6 Å². The fourth-order valence-corrected chi connectivity index (χ4v) is 4.69. The summed E-state index contributed by atoms with van der Waals surface area (Å²) in [6.45, 7) is 2.06. The Balaban J connectivity index is 1.60. The van der Waals surface area contributed by atoms with Crippen molar-refractivity contribution in [1.29, 1.82) is 0 Å². The van der Waals surface area contributed by atoms with Crippen molar-refractivity contribution in [3.63, 3.8) is 0 Å². The number of imidazole rings is 1. The molecule has 0 amide bonds. The van der Waals surface area contributed by atoms with E-state index >= 15 is 0 Å². The van der Waals surface area contributed by atoms with Gasteiger partial charge in [0.05, 0.1) is 38.1 Å². The third-order valence-corrected chi connectivity index (χ3v) is 6.47. The number of aryl methyl sites for hydroxylation is 2. The number of para-hydroxylation sites is 3. The standard InChI is InChI=1S/C30H29N3O3/c1-19-17-20(21-11-6-8-15-25(21)34-3)18-27(36-5)28(19)32-30-31-24-14-10-13-23(29(24)33(30)2)22-12-7-9-16-26(22)35-4/h6-18H,1-5H3,(H,31,32). The molecule has 6 heteroatoms. The van der Waals surface area contributed by atoms with Gasteiger partial charge in [-0.05, 0) is 48.4 Å². The van der Waals surface area contributed by atoms with Gasteiger partial charge < -0.3 is 24.1 Å². The molecule has 4 aromatic carbocycles. The van der Waals surface area contributed by atoms with Crippen molar-refractivity contribution in [1.82, 2.24) is 9.55 Å². The SMILES string of the molecule is COc1ccccc1-c1cc(C)c(Nc2nc3cccc(-c4ccccc4OC)c3n2C)c(OC)c1. The molecule has 182 valence electrons. The van der Waals surface area contributed by atoms with Crippen LogP contribution in [0.2, 0.25) is 0 Å². The fraction of sp³-hybridized carbons (Fsp3) is 0.167. The normalized spacial score (nSPS) is 10.9. The molecule has 0 fully saturated rings. The number of benzene rings is 4. The van der Waals surface area contributed by atoms with Crippen molar-refractivity contribution >= 4 is 22.7 Å². The van der Waals surface area contributed by atoms with Crippen LogP contribution in [0.1, 0.15) is 5.56 Å². The average molecular weight is 480 g/mol. The van der Waals surface area contributed by atoms with E-state index in [1.54, 1.807) is 21.3 Å². The highest BCUT2D eigenvalue weighted by Gasteiger charge is 2.18. The molecule has 0 saturated heterocycles. The molecule has 0 radical (unpaired) electrons. The molecule has 0 aliphatic carbocycles. The summed E-state index contributed by atoms with van der Waals surface area (Å²) in [6, 6.07) is 26.3. The van der Waals surface area contributed by atoms with Gasteiger partial charge in [0.1, 0.15) is 17.2 Å². The van der Waals surface area contributed by atoms with Gasteiger partial charge in [0.2, 0.25) is 5.95 Å². The van der Waals surface area contributed by atoms with Crippen LogP contribution in [-0.2, 0) is 7.05 Å². The van der Waals surface area contributed by atoms with Crippen LogP contribution in [0.3, 0.4) is 0 Å². The Morgan fingerprint density at radius 3 is 2.00 bits per heavy atom. The van der Waals surface area contributed by atoms with Crippen molar-refractivity contribution in [3.05, 3.63) is 84.4 Å². The predicted octanol–water partition coefficient (Wildman–Crippen LogP) is 6.99. The Labute approximate surface area is 211 Å². The molecule has 1 heterocycles. The molecule has 1 aromatic heterocycles. The first-order valence-electron chi connectivity index (χ1n) is 11.7. The van der Waals surface area contributed by atoms with Gasteiger partial charge in [-0.3, -0.25) is 0 Å². The second-order valence-electron chi connectivity index (χ2n) is 8.56. The van der Waals surface area contributed by atoms with Crippen LogP contribution >= 0.6 is 0 Å². The topological polar surface area (TPSA) is 57.5 Å². The summed E-state index contributed by atoms with van der Waals surface area (Å²) in [7, 11) is 7.07. The highest BCUT2D eigenvalue weighted by Crippen LogP contribution is 2.40. The molecule has 5 aromatic rings. The summed E-state index contributed by atoms with van der Waals surface area (Å²) in [5.41, 5.74) is 7.93. The first-order chi connectivity index (χ1) is 17.5. The van der Waals surface area contributed by atoms with Gasteiger partial charge >= 0.3 is 0 Å². The van der Waals surface area contributed by atoms with Gasteiger partial charge in [0.15, 0.2) is 0 Å². The molecule has 0 spiro atoms. The van der Waals surface area contributed by atoms with Crippen LogP contribution in [0.25, 0.3) is 33.3 Å². The summed E-state index contributed by atoms with van der Waals surface area (Å²) < 4.78 is 19.1. The summed E-state index contributed by atoms with van der Waals surface area (Å²) in [4.78, 5) is 4.91. The van der Waals surface area contributed by atoms with E-state index in [1.165, 1.54) is 0 Å². The second-order valence-corrected chi connectivity index (χ2v) is 8.56. The second kappa shape index (κ2) is 9.66. The number of nitrogens with zero attached hydrogens (tertiary/aromatic N) is 2. The van der Waals surface area contributed by atoms with Crippen molar-refractivity contribution in [2.45, 2.75) is 6.92 Å². The number of rotatable bonds is 7. The number of hydrogen-bond acceptors (Lipinski definition) is 5. The highest BCUT2D eigenvalue weighted by atomic mass is 16.5. The zero-order chi connectivity index (χ0) is 25.2. The number of fused-ring (bicyclic) bond motifs is 1. The first kappa shape index (κ1) is 23.3. The van der Waals surface area contributed by atoms with E-state index in [4.69, 9.17) is 19.2 Å². The van der Waals surface area contributed by atoms with Crippen LogP contribution in [-0.4, -0.2) is 30.9 Å². The number of ether oxygens (including phenoxy) is 3. The van der Waals surface area contributed by atoms with Crippen LogP contribution in [0.5, 0.6) is 17.2 Å². The highest BCUT2D eigenvalue weighted by molar-refractivity contribution is 5.96. The molecule has 36 heavy (non-hydrogen) atoms. The van der Waals surface area contributed by atoms with Gasteiger partial charge in [0, 0.05) is 23.7 Å². The van der Waals surface area contributed by atoms with Gasteiger partial charge in [-0.25, -0.2) is 4.98 Å². The maximum Gasteiger partial charge on any atom is 0.208 e. The quantitative estimate of drug-likeness (QED) is 0.273. The fourth-order valence-electron chi connectivity index (χ4n) is 4.69. The monoisotopic (exact) mass is 479 g/mol. The number of nitrogens with one attached hydrogen (secondary N) is 1. The van der Waals surface area contributed by atoms with Crippen molar-refractivity contribution in [3.8, 4) is 39.5 Å². The molecule has 6 nitrogen and oxygen atoms in total. The van der Waals surface area contributed by atoms with E-state index in [0.717, 1.165) is 67.7 Å². The molecular weight excluding hydrogens is 450 g/mol. The molecule has 0 unspecified atom stereocenters. The number of aromatic nitrogens is 2. The Morgan fingerprint density at radius 2 is 1.31 bits per heavy atom. The molecule has 1 N–H and O–H groups in total. The lowest BCUT2D eigenvalue weighted by Gasteiger charge is -2.17. The third kappa shape index (κ3) is 4.01. The minimum atomic E-state index is 0.721. The lowest BCUT2D eigenvalue weighted by atomic mass is 10.0. The van der Waals surface area contributed by atoms with Crippen molar-refractivity contribution < 1.29 is 14.2 Å². The largest absolute Gasteiger partial charge is 0.496 e. The van der Waals surface area contributed by atoms with E-state index < -0.39 is 0 Å². The smallest absolute Gasteiger partial charge is 0.208 e. The van der Waals surface area contributed by atoms with Gasteiger partial charge in [-0.15, -0.1) is 0 Å². The molecule has 0 atom stereocenters. The molecule has 0 saturated carbocycles. The Hall–Kier alpha value is -4.45. The molecule has 0 bridgehead atoms. The minimum absolute atomic E-state index is 0.721. The summed E-state index contributed by atoms with van der Waals surface area (Å²) >= 11 is 0. The van der Waals surface area contributed by atoms with E-state index in [0.29, 0.717) is 0 Å². The van der Waals surface area contributed by atoms with E-state index in [-0.39, 0.29) is 0 Å². The predicted molar refractivity (Wildman–Crippen MR) is 146 cm³/mol. The van der Waals surface area contributed by atoms with Crippen LogP contribution in [0.4, 0.5) is 11.6 Å². The third-order valence-electron chi connectivity index (χ3n) is 6.47. The Morgan fingerprint density at radius 1 is 0.694 bits per heavy atom. The molecule has 0 aliphatic rings. The number of hydrogen-bond donors (Lipinski definition) is 1. The minimum Gasteiger partial charge on any atom is -0.496 e.